The lowest BCUT2D eigenvalue weighted by molar-refractivity contribution is 0.122. The molecule has 1 saturated carbocycles. The Hall–Kier alpha value is -1.02. The van der Waals surface area contributed by atoms with Gasteiger partial charge in [0.2, 0.25) is 0 Å². The molecular weight excluding hydrogens is 234 g/mol. The summed E-state index contributed by atoms with van der Waals surface area (Å²) in [7, 11) is 0. The highest BCUT2D eigenvalue weighted by atomic mass is 16.3. The zero-order valence-electron chi connectivity index (χ0n) is 11.6. The smallest absolute Gasteiger partial charge is 0.0540 e. The van der Waals surface area contributed by atoms with Gasteiger partial charge in [-0.2, -0.15) is 0 Å². The molecule has 19 heavy (non-hydrogen) atoms. The van der Waals surface area contributed by atoms with Crippen LogP contribution in [0.15, 0.2) is 12.1 Å². The van der Waals surface area contributed by atoms with Crippen LogP contribution in [0.3, 0.4) is 0 Å². The van der Waals surface area contributed by atoms with E-state index in [2.05, 4.69) is 17.0 Å². The van der Waals surface area contributed by atoms with Crippen LogP contribution >= 0.6 is 0 Å². The summed E-state index contributed by atoms with van der Waals surface area (Å²) < 4.78 is 0. The Labute approximate surface area is 115 Å². The summed E-state index contributed by atoms with van der Waals surface area (Å²) in [5, 5.41) is 9.67. The Bertz CT molecular complexity index is 488. The molecule has 2 heteroatoms. The van der Waals surface area contributed by atoms with Crippen molar-refractivity contribution < 1.29 is 5.11 Å². The normalized spacial score (nSPS) is 29.4. The van der Waals surface area contributed by atoms with E-state index in [9.17, 15) is 5.11 Å². The monoisotopic (exact) mass is 257 g/mol. The average molecular weight is 257 g/mol. The summed E-state index contributed by atoms with van der Waals surface area (Å²) in [6.45, 7) is 2.49. The van der Waals surface area contributed by atoms with Crippen LogP contribution in [-0.4, -0.2) is 24.3 Å². The zero-order chi connectivity index (χ0) is 12.8. The second kappa shape index (κ2) is 4.52. The van der Waals surface area contributed by atoms with Gasteiger partial charge in [0.05, 0.1) is 6.10 Å². The molecule has 0 aromatic heterocycles. The van der Waals surface area contributed by atoms with Gasteiger partial charge in [-0.3, -0.25) is 0 Å². The van der Waals surface area contributed by atoms with E-state index in [0.717, 1.165) is 12.8 Å². The summed E-state index contributed by atoms with van der Waals surface area (Å²) in [4.78, 5) is 2.59. The molecule has 2 nitrogen and oxygen atoms in total. The molecule has 0 unspecified atom stereocenters. The third-order valence-corrected chi connectivity index (χ3v) is 5.30. The van der Waals surface area contributed by atoms with Crippen molar-refractivity contribution >= 4 is 5.69 Å². The number of aryl methyl sites for hydroxylation is 1. The largest absolute Gasteiger partial charge is 0.393 e. The van der Waals surface area contributed by atoms with Crippen molar-refractivity contribution in [2.75, 3.05) is 18.0 Å². The predicted octanol–water partition coefficient (Wildman–Crippen LogP) is 3.01. The standard InChI is InChI=1S/C17H23NO/c19-16-5-3-12(4-6-16)15-10-13-2-1-8-18-9-7-14(11-15)17(13)18/h10-12,16,19H,1-9H2. The molecule has 0 bridgehead atoms. The SMILES string of the molecule is OC1CCC(c2cc3c4c(c2)CCN4CCC3)CC1. The molecular formula is C17H23NO. The Balaban J connectivity index is 1.67. The topological polar surface area (TPSA) is 23.5 Å². The van der Waals surface area contributed by atoms with Crippen molar-refractivity contribution in [1.29, 1.82) is 0 Å². The molecule has 2 aliphatic heterocycles. The summed E-state index contributed by atoms with van der Waals surface area (Å²) in [6.07, 6.45) is 8.10. The highest BCUT2D eigenvalue weighted by Gasteiger charge is 2.28. The number of anilines is 1. The Morgan fingerprint density at radius 2 is 1.68 bits per heavy atom. The summed E-state index contributed by atoms with van der Waals surface area (Å²) in [5.41, 5.74) is 6.33. The lowest BCUT2D eigenvalue weighted by Gasteiger charge is -2.30. The van der Waals surface area contributed by atoms with Gasteiger partial charge in [0.25, 0.3) is 0 Å². The fraction of sp³-hybridized carbons (Fsp3) is 0.647. The van der Waals surface area contributed by atoms with Crippen molar-refractivity contribution in [2.45, 2.75) is 57.0 Å². The molecule has 0 radical (unpaired) electrons. The molecule has 1 fully saturated rings. The van der Waals surface area contributed by atoms with Gasteiger partial charge in [-0.1, -0.05) is 12.1 Å². The van der Waals surface area contributed by atoms with Crippen LogP contribution in [-0.2, 0) is 12.8 Å². The maximum atomic E-state index is 9.67. The number of aliphatic hydroxyl groups is 1. The number of rotatable bonds is 1. The summed E-state index contributed by atoms with van der Waals surface area (Å²) in [5.74, 6) is 0.695. The van der Waals surface area contributed by atoms with Gasteiger partial charge in [-0.25, -0.2) is 0 Å². The molecule has 1 N–H and O–H groups in total. The first-order chi connectivity index (χ1) is 9.31. The van der Waals surface area contributed by atoms with Crippen molar-refractivity contribution in [3.05, 3.63) is 28.8 Å². The molecule has 0 saturated heterocycles. The average Bonchev–Trinajstić information content (AvgIpc) is 2.85. The molecule has 4 rings (SSSR count). The van der Waals surface area contributed by atoms with E-state index in [-0.39, 0.29) is 6.10 Å². The molecule has 1 aromatic rings. The first-order valence-electron chi connectivity index (χ1n) is 7.90. The Kier molecular flexibility index (Phi) is 2.80. The van der Waals surface area contributed by atoms with Crippen molar-refractivity contribution in [2.24, 2.45) is 0 Å². The molecule has 0 amide bonds. The minimum absolute atomic E-state index is 0.0421. The molecule has 3 aliphatic rings. The number of nitrogens with zero attached hydrogens (tertiary/aromatic N) is 1. The van der Waals surface area contributed by atoms with E-state index in [4.69, 9.17) is 0 Å². The lowest BCUT2D eigenvalue weighted by atomic mass is 9.81. The number of hydrogen-bond acceptors (Lipinski definition) is 2. The first kappa shape index (κ1) is 11.8. The highest BCUT2D eigenvalue weighted by molar-refractivity contribution is 5.66. The number of aliphatic hydroxyl groups excluding tert-OH is 1. The first-order valence-corrected chi connectivity index (χ1v) is 7.90. The van der Waals surface area contributed by atoms with Crippen LogP contribution in [0.1, 0.15) is 54.7 Å². The zero-order valence-corrected chi connectivity index (χ0v) is 11.6. The molecule has 0 spiro atoms. The Morgan fingerprint density at radius 1 is 0.947 bits per heavy atom. The van der Waals surface area contributed by atoms with Gasteiger partial charge in [-0.15, -0.1) is 0 Å². The van der Waals surface area contributed by atoms with Gasteiger partial charge in [0, 0.05) is 18.8 Å². The highest BCUT2D eigenvalue weighted by Crippen LogP contribution is 2.41. The summed E-state index contributed by atoms with van der Waals surface area (Å²) >= 11 is 0. The van der Waals surface area contributed by atoms with Crippen LogP contribution in [0.2, 0.25) is 0 Å². The van der Waals surface area contributed by atoms with Crippen LogP contribution in [0.4, 0.5) is 5.69 Å². The van der Waals surface area contributed by atoms with Gasteiger partial charge in [0.1, 0.15) is 0 Å². The van der Waals surface area contributed by atoms with E-state index >= 15 is 0 Å². The quantitative estimate of drug-likeness (QED) is 0.836. The minimum Gasteiger partial charge on any atom is -0.393 e. The van der Waals surface area contributed by atoms with Gasteiger partial charge in [-0.05, 0) is 67.6 Å². The maximum absolute atomic E-state index is 9.67. The Morgan fingerprint density at radius 3 is 2.47 bits per heavy atom. The van der Waals surface area contributed by atoms with Crippen molar-refractivity contribution in [1.82, 2.24) is 0 Å². The van der Waals surface area contributed by atoms with Crippen LogP contribution in [0.5, 0.6) is 0 Å². The van der Waals surface area contributed by atoms with E-state index in [1.165, 1.54) is 45.2 Å². The summed E-state index contributed by atoms with van der Waals surface area (Å²) in [6, 6.07) is 4.96. The van der Waals surface area contributed by atoms with Gasteiger partial charge < -0.3 is 10.0 Å². The van der Waals surface area contributed by atoms with Crippen LogP contribution < -0.4 is 4.90 Å². The molecule has 1 aliphatic carbocycles. The molecule has 1 aromatic carbocycles. The van der Waals surface area contributed by atoms with E-state index in [1.54, 1.807) is 22.4 Å². The number of hydrogen-bond donors (Lipinski definition) is 1. The van der Waals surface area contributed by atoms with Gasteiger partial charge in [0.15, 0.2) is 0 Å². The van der Waals surface area contributed by atoms with Crippen LogP contribution in [0.25, 0.3) is 0 Å². The molecule has 0 atom stereocenters. The number of benzene rings is 1. The van der Waals surface area contributed by atoms with E-state index < -0.39 is 0 Å². The third-order valence-electron chi connectivity index (χ3n) is 5.30. The molecule has 2 heterocycles. The minimum atomic E-state index is -0.0421. The predicted molar refractivity (Wildman–Crippen MR) is 77.9 cm³/mol. The fourth-order valence-corrected chi connectivity index (χ4v) is 4.27. The third kappa shape index (κ3) is 1.97. The second-order valence-electron chi connectivity index (χ2n) is 6.53. The van der Waals surface area contributed by atoms with Crippen molar-refractivity contribution in [3.8, 4) is 0 Å². The van der Waals surface area contributed by atoms with Gasteiger partial charge >= 0.3 is 0 Å². The fourth-order valence-electron chi connectivity index (χ4n) is 4.27. The second-order valence-corrected chi connectivity index (χ2v) is 6.53. The maximum Gasteiger partial charge on any atom is 0.0540 e. The van der Waals surface area contributed by atoms with E-state index in [1.807, 2.05) is 0 Å². The molecule has 102 valence electrons. The van der Waals surface area contributed by atoms with Crippen LogP contribution in [0, 0.1) is 0 Å². The van der Waals surface area contributed by atoms with Crippen molar-refractivity contribution in [3.63, 3.8) is 0 Å². The van der Waals surface area contributed by atoms with E-state index in [0.29, 0.717) is 5.92 Å². The lowest BCUT2D eigenvalue weighted by Crippen LogP contribution is -2.26.